The van der Waals surface area contributed by atoms with E-state index >= 15 is 0 Å². The van der Waals surface area contributed by atoms with Crippen molar-refractivity contribution in [3.8, 4) is 5.75 Å². The van der Waals surface area contributed by atoms with Crippen LogP contribution in [0.25, 0.3) is 5.65 Å². The predicted octanol–water partition coefficient (Wildman–Crippen LogP) is 4.65. The van der Waals surface area contributed by atoms with Crippen molar-refractivity contribution in [3.05, 3.63) is 101 Å². The number of nitrogens with one attached hydrogen (secondary N) is 1. The van der Waals surface area contributed by atoms with Gasteiger partial charge in [0.05, 0.1) is 23.9 Å². The van der Waals surface area contributed by atoms with Gasteiger partial charge in [-0.3, -0.25) is 9.20 Å². The molecule has 1 amide bonds. The second kappa shape index (κ2) is 10.6. The predicted molar refractivity (Wildman–Crippen MR) is 129 cm³/mol. The molecule has 4 rings (SSSR count). The molecule has 0 fully saturated rings. The molecule has 0 bridgehead atoms. The number of methoxy groups -OCH3 is 1. The van der Waals surface area contributed by atoms with Gasteiger partial charge in [-0.1, -0.05) is 18.2 Å². The molecule has 0 aliphatic rings. The van der Waals surface area contributed by atoms with Crippen molar-refractivity contribution in [2.24, 2.45) is 0 Å². The van der Waals surface area contributed by atoms with E-state index in [1.54, 1.807) is 47.9 Å². The topological polar surface area (TPSA) is 81.9 Å². The highest BCUT2D eigenvalue weighted by molar-refractivity contribution is 5.95. The zero-order valence-electron chi connectivity index (χ0n) is 20.0. The Kier molecular flexibility index (Phi) is 7.28. The average Bonchev–Trinajstić information content (AvgIpc) is 3.19. The van der Waals surface area contributed by atoms with Crippen LogP contribution in [-0.4, -0.2) is 34.4 Å². The van der Waals surface area contributed by atoms with Gasteiger partial charge in [-0.05, 0) is 62.2 Å². The van der Waals surface area contributed by atoms with Crippen molar-refractivity contribution in [3.63, 3.8) is 0 Å². The van der Waals surface area contributed by atoms with Crippen LogP contribution in [0.4, 0.5) is 8.78 Å². The number of aromatic nitrogens is 2. The van der Waals surface area contributed by atoms with Crippen LogP contribution in [0, 0.1) is 18.6 Å². The molecule has 186 valence electrons. The number of pyridine rings is 1. The molecule has 0 unspecified atom stereocenters. The van der Waals surface area contributed by atoms with Gasteiger partial charge in [-0.15, -0.1) is 0 Å². The molecule has 0 saturated carbocycles. The van der Waals surface area contributed by atoms with Gasteiger partial charge in [-0.25, -0.2) is 18.6 Å². The number of amides is 1. The standard InChI is InChI=1S/C27H25F2N3O4/c1-16(13-18-7-4-8-19(14-18)27(34)35-3)30-26(33)24-17(2)31-25-23(11-6-12-32(24)25)36-15-20-21(28)9-5-10-22(20)29/h4-12,14,16H,13,15H2,1-3H3,(H,30,33)/t16-/m0/s1. The Hall–Kier alpha value is -4.27. The molecule has 2 aromatic carbocycles. The lowest BCUT2D eigenvalue weighted by Crippen LogP contribution is -2.35. The Balaban J connectivity index is 1.51. The lowest BCUT2D eigenvalue weighted by Gasteiger charge is -2.15. The van der Waals surface area contributed by atoms with E-state index < -0.39 is 17.6 Å². The van der Waals surface area contributed by atoms with Gasteiger partial charge in [0.15, 0.2) is 11.4 Å². The number of esters is 1. The van der Waals surface area contributed by atoms with Gasteiger partial charge in [0, 0.05) is 12.2 Å². The monoisotopic (exact) mass is 493 g/mol. The smallest absolute Gasteiger partial charge is 0.337 e. The van der Waals surface area contributed by atoms with Crippen LogP contribution in [0.3, 0.4) is 0 Å². The summed E-state index contributed by atoms with van der Waals surface area (Å²) in [6.07, 6.45) is 2.17. The number of carbonyl (C=O) groups excluding carboxylic acids is 2. The van der Waals surface area contributed by atoms with Crippen LogP contribution >= 0.6 is 0 Å². The van der Waals surface area contributed by atoms with E-state index in [1.165, 1.54) is 13.2 Å². The minimum absolute atomic E-state index is 0.189. The van der Waals surface area contributed by atoms with Crippen LogP contribution in [0.15, 0.2) is 60.8 Å². The third-order valence-electron chi connectivity index (χ3n) is 5.70. The molecule has 1 N–H and O–H groups in total. The molecule has 0 saturated heterocycles. The molecule has 4 aromatic rings. The Morgan fingerprint density at radius 3 is 2.53 bits per heavy atom. The summed E-state index contributed by atoms with van der Waals surface area (Å²) in [4.78, 5) is 29.4. The second-order valence-electron chi connectivity index (χ2n) is 8.37. The maximum atomic E-state index is 14.0. The van der Waals surface area contributed by atoms with E-state index in [0.29, 0.717) is 29.0 Å². The lowest BCUT2D eigenvalue weighted by molar-refractivity contribution is 0.0600. The van der Waals surface area contributed by atoms with Crippen molar-refractivity contribution >= 4 is 17.5 Å². The fraction of sp³-hybridized carbons (Fsp3) is 0.222. The third kappa shape index (κ3) is 5.19. The maximum absolute atomic E-state index is 14.0. The van der Waals surface area contributed by atoms with Crippen molar-refractivity contribution in [1.82, 2.24) is 14.7 Å². The summed E-state index contributed by atoms with van der Waals surface area (Å²) in [7, 11) is 1.32. The number of nitrogens with zero attached hydrogens (tertiary/aromatic N) is 2. The van der Waals surface area contributed by atoms with Crippen molar-refractivity contribution in [1.29, 1.82) is 0 Å². The molecule has 1 atom stereocenters. The quantitative estimate of drug-likeness (QED) is 0.362. The van der Waals surface area contributed by atoms with Crippen LogP contribution in [0.5, 0.6) is 5.75 Å². The minimum atomic E-state index is -0.701. The minimum Gasteiger partial charge on any atom is -0.485 e. The largest absolute Gasteiger partial charge is 0.485 e. The number of imidazole rings is 1. The molecule has 9 heteroatoms. The SMILES string of the molecule is COC(=O)c1cccc(C[C@H](C)NC(=O)c2c(C)nc3c(OCc4c(F)cccc4F)cccn23)c1. The van der Waals surface area contributed by atoms with Gasteiger partial charge in [0.25, 0.3) is 5.91 Å². The molecule has 0 spiro atoms. The molecule has 0 radical (unpaired) electrons. The van der Waals surface area contributed by atoms with E-state index in [9.17, 15) is 18.4 Å². The van der Waals surface area contributed by atoms with Gasteiger partial charge >= 0.3 is 5.97 Å². The lowest BCUT2D eigenvalue weighted by atomic mass is 10.0. The first kappa shape index (κ1) is 24.8. The molecule has 2 aromatic heterocycles. The average molecular weight is 494 g/mol. The Bertz CT molecular complexity index is 1410. The van der Waals surface area contributed by atoms with Crippen LogP contribution in [0.1, 0.15) is 44.6 Å². The van der Waals surface area contributed by atoms with E-state index in [-0.39, 0.29) is 29.9 Å². The summed E-state index contributed by atoms with van der Waals surface area (Å²) in [6, 6.07) is 13.7. The first-order valence-electron chi connectivity index (χ1n) is 11.3. The van der Waals surface area contributed by atoms with E-state index in [0.717, 1.165) is 17.7 Å². The Morgan fingerprint density at radius 1 is 1.08 bits per heavy atom. The summed E-state index contributed by atoms with van der Waals surface area (Å²) in [6.45, 7) is 3.23. The zero-order valence-corrected chi connectivity index (χ0v) is 20.0. The second-order valence-corrected chi connectivity index (χ2v) is 8.37. The van der Waals surface area contributed by atoms with Gasteiger partial charge in [0.1, 0.15) is 23.9 Å². The number of rotatable bonds is 8. The molecule has 2 heterocycles. The summed E-state index contributed by atoms with van der Waals surface area (Å²) in [5.74, 6) is -1.88. The van der Waals surface area contributed by atoms with Crippen molar-refractivity contribution in [2.75, 3.05) is 7.11 Å². The Morgan fingerprint density at radius 2 is 1.81 bits per heavy atom. The number of hydrogen-bond donors (Lipinski definition) is 1. The molecule has 0 aliphatic carbocycles. The zero-order chi connectivity index (χ0) is 25.8. The first-order valence-corrected chi connectivity index (χ1v) is 11.3. The highest BCUT2D eigenvalue weighted by Gasteiger charge is 2.21. The third-order valence-corrected chi connectivity index (χ3v) is 5.70. The molecular weight excluding hydrogens is 468 g/mol. The molecule has 7 nitrogen and oxygen atoms in total. The highest BCUT2D eigenvalue weighted by Crippen LogP contribution is 2.24. The van der Waals surface area contributed by atoms with E-state index in [2.05, 4.69) is 10.3 Å². The van der Waals surface area contributed by atoms with Crippen LogP contribution in [-0.2, 0) is 17.8 Å². The van der Waals surface area contributed by atoms with Gasteiger partial charge < -0.3 is 14.8 Å². The normalized spacial score (nSPS) is 11.8. The summed E-state index contributed by atoms with van der Waals surface area (Å²) >= 11 is 0. The maximum Gasteiger partial charge on any atom is 0.337 e. The van der Waals surface area contributed by atoms with Gasteiger partial charge in [-0.2, -0.15) is 0 Å². The number of halogens is 2. The summed E-state index contributed by atoms with van der Waals surface area (Å²) in [5, 5.41) is 2.96. The highest BCUT2D eigenvalue weighted by atomic mass is 19.1. The van der Waals surface area contributed by atoms with Crippen LogP contribution < -0.4 is 10.1 Å². The first-order chi connectivity index (χ1) is 17.3. The number of hydrogen-bond acceptors (Lipinski definition) is 5. The molecule has 36 heavy (non-hydrogen) atoms. The van der Waals surface area contributed by atoms with E-state index in [4.69, 9.17) is 9.47 Å². The fourth-order valence-electron chi connectivity index (χ4n) is 4.00. The van der Waals surface area contributed by atoms with Crippen LogP contribution in [0.2, 0.25) is 0 Å². The molecular formula is C27H25F2N3O4. The number of aryl methyl sites for hydroxylation is 1. The van der Waals surface area contributed by atoms with E-state index in [1.807, 2.05) is 13.0 Å². The number of ether oxygens (including phenoxy) is 2. The summed E-state index contributed by atoms with van der Waals surface area (Å²) in [5.41, 5.74) is 2.27. The van der Waals surface area contributed by atoms with Crippen molar-refractivity contribution in [2.45, 2.75) is 32.9 Å². The number of benzene rings is 2. The van der Waals surface area contributed by atoms with Gasteiger partial charge in [0.2, 0.25) is 0 Å². The summed E-state index contributed by atoms with van der Waals surface area (Å²) < 4.78 is 40.0. The molecule has 0 aliphatic heterocycles. The number of carbonyl (C=O) groups is 2. The Labute approximate surface area is 206 Å². The number of fused-ring (bicyclic) bond motifs is 1. The van der Waals surface area contributed by atoms with Crippen molar-refractivity contribution < 1.29 is 27.8 Å². The fourth-order valence-corrected chi connectivity index (χ4v) is 4.00.